The molecule has 0 radical (unpaired) electrons. The molecule has 0 heterocycles. The molecule has 2 aromatic rings. The number of benzene rings is 2. The van der Waals surface area contributed by atoms with E-state index in [9.17, 15) is 0 Å². The highest BCUT2D eigenvalue weighted by molar-refractivity contribution is 5.76. The number of hydrogen-bond acceptors (Lipinski definition) is 2. The minimum atomic E-state index is 0.303. The van der Waals surface area contributed by atoms with Gasteiger partial charge in [0.1, 0.15) is 5.75 Å². The molecule has 0 aliphatic rings. The Bertz CT molecular complexity index is 604. The third-order valence-corrected chi connectivity index (χ3v) is 4.03. The van der Waals surface area contributed by atoms with Gasteiger partial charge in [0.25, 0.3) is 0 Å². The highest BCUT2D eigenvalue weighted by atomic mass is 16.5. The zero-order valence-electron chi connectivity index (χ0n) is 12.9. The molecule has 1 atom stereocenters. The normalized spacial score (nSPS) is 12.2. The van der Waals surface area contributed by atoms with Gasteiger partial charge in [-0.3, -0.25) is 0 Å². The predicted molar refractivity (Wildman–Crippen MR) is 85.4 cm³/mol. The van der Waals surface area contributed by atoms with Gasteiger partial charge in [0.15, 0.2) is 0 Å². The van der Waals surface area contributed by atoms with Crippen LogP contribution >= 0.6 is 0 Å². The summed E-state index contributed by atoms with van der Waals surface area (Å²) in [6, 6.07) is 13.1. The molecule has 0 saturated carbocycles. The fourth-order valence-electron chi connectivity index (χ4n) is 2.54. The molecule has 20 heavy (non-hydrogen) atoms. The van der Waals surface area contributed by atoms with Gasteiger partial charge in [-0.05, 0) is 50.1 Å². The Kier molecular flexibility index (Phi) is 4.46. The summed E-state index contributed by atoms with van der Waals surface area (Å²) in [5.41, 5.74) is 6.14. The smallest absolute Gasteiger partial charge is 0.129 e. The van der Waals surface area contributed by atoms with Crippen LogP contribution in [0, 0.1) is 13.8 Å². The van der Waals surface area contributed by atoms with Crippen LogP contribution in [0.2, 0.25) is 0 Å². The van der Waals surface area contributed by atoms with Crippen molar-refractivity contribution in [2.24, 2.45) is 0 Å². The van der Waals surface area contributed by atoms with E-state index in [1.54, 1.807) is 7.11 Å². The van der Waals surface area contributed by atoms with E-state index < -0.39 is 0 Å². The summed E-state index contributed by atoms with van der Waals surface area (Å²) in [5, 5.41) is 3.31. The molecule has 0 saturated heterocycles. The summed E-state index contributed by atoms with van der Waals surface area (Å²) in [6.07, 6.45) is 0. The maximum atomic E-state index is 5.66. The second-order valence-electron chi connectivity index (χ2n) is 5.19. The van der Waals surface area contributed by atoms with Crippen LogP contribution in [0.15, 0.2) is 36.4 Å². The van der Waals surface area contributed by atoms with E-state index in [1.807, 2.05) is 7.05 Å². The Balaban J connectivity index is 2.66. The average molecular weight is 269 g/mol. The van der Waals surface area contributed by atoms with Crippen LogP contribution in [0.4, 0.5) is 0 Å². The van der Waals surface area contributed by atoms with E-state index in [1.165, 1.54) is 22.3 Å². The molecule has 0 aliphatic carbocycles. The fraction of sp³-hybridized carbons (Fsp3) is 0.333. The number of ether oxygens (including phenoxy) is 1. The SMILES string of the molecule is CNC(C)c1ccccc1-c1ccc(C)c(C)c1OC. The van der Waals surface area contributed by atoms with Crippen molar-refractivity contribution >= 4 is 0 Å². The summed E-state index contributed by atoms with van der Waals surface area (Å²) < 4.78 is 5.66. The van der Waals surface area contributed by atoms with Crippen molar-refractivity contribution in [3.8, 4) is 16.9 Å². The van der Waals surface area contributed by atoms with E-state index in [0.717, 1.165) is 11.3 Å². The Morgan fingerprint density at radius 2 is 1.70 bits per heavy atom. The number of hydrogen-bond donors (Lipinski definition) is 1. The van der Waals surface area contributed by atoms with Crippen molar-refractivity contribution in [1.82, 2.24) is 5.32 Å². The molecule has 0 aliphatic heterocycles. The van der Waals surface area contributed by atoms with E-state index in [-0.39, 0.29) is 0 Å². The van der Waals surface area contributed by atoms with Crippen LogP contribution in [-0.4, -0.2) is 14.2 Å². The lowest BCUT2D eigenvalue weighted by molar-refractivity contribution is 0.413. The van der Waals surface area contributed by atoms with Crippen molar-refractivity contribution < 1.29 is 4.74 Å². The van der Waals surface area contributed by atoms with Crippen LogP contribution < -0.4 is 10.1 Å². The molecule has 1 unspecified atom stereocenters. The van der Waals surface area contributed by atoms with Crippen molar-refractivity contribution in [2.75, 3.05) is 14.2 Å². The summed E-state index contributed by atoms with van der Waals surface area (Å²) >= 11 is 0. The van der Waals surface area contributed by atoms with Gasteiger partial charge in [0, 0.05) is 11.6 Å². The third-order valence-electron chi connectivity index (χ3n) is 4.03. The van der Waals surface area contributed by atoms with Crippen molar-refractivity contribution in [3.05, 3.63) is 53.1 Å². The quantitative estimate of drug-likeness (QED) is 0.895. The van der Waals surface area contributed by atoms with Gasteiger partial charge in [0.05, 0.1) is 7.11 Å². The zero-order chi connectivity index (χ0) is 14.7. The summed E-state index contributed by atoms with van der Waals surface area (Å²) in [4.78, 5) is 0. The van der Waals surface area contributed by atoms with Crippen LogP contribution in [0.25, 0.3) is 11.1 Å². The molecule has 0 bridgehead atoms. The maximum Gasteiger partial charge on any atom is 0.129 e. The summed E-state index contributed by atoms with van der Waals surface area (Å²) in [7, 11) is 3.73. The molecule has 2 aromatic carbocycles. The molecule has 0 spiro atoms. The molecule has 0 amide bonds. The first-order valence-corrected chi connectivity index (χ1v) is 7.01. The van der Waals surface area contributed by atoms with Crippen LogP contribution in [0.1, 0.15) is 29.7 Å². The second-order valence-corrected chi connectivity index (χ2v) is 5.19. The number of rotatable bonds is 4. The predicted octanol–water partition coefficient (Wildman–Crippen LogP) is 4.26. The minimum Gasteiger partial charge on any atom is -0.496 e. The highest BCUT2D eigenvalue weighted by Crippen LogP contribution is 2.37. The topological polar surface area (TPSA) is 21.3 Å². The maximum absolute atomic E-state index is 5.66. The van der Waals surface area contributed by atoms with E-state index >= 15 is 0 Å². The third kappa shape index (κ3) is 2.56. The van der Waals surface area contributed by atoms with Crippen molar-refractivity contribution in [1.29, 1.82) is 0 Å². The molecule has 106 valence electrons. The molecule has 2 rings (SSSR count). The van der Waals surface area contributed by atoms with Crippen molar-refractivity contribution in [3.63, 3.8) is 0 Å². The van der Waals surface area contributed by atoms with Gasteiger partial charge < -0.3 is 10.1 Å². The average Bonchev–Trinajstić information content (AvgIpc) is 2.49. The largest absolute Gasteiger partial charge is 0.496 e. The molecule has 0 fully saturated rings. The van der Waals surface area contributed by atoms with Crippen LogP contribution in [0.3, 0.4) is 0 Å². The van der Waals surface area contributed by atoms with Crippen molar-refractivity contribution in [2.45, 2.75) is 26.8 Å². The van der Waals surface area contributed by atoms with E-state index in [0.29, 0.717) is 6.04 Å². The standard InChI is InChI=1S/C18H23NO/c1-12-10-11-17(18(20-5)13(12)2)16-9-7-6-8-15(16)14(3)19-4/h6-11,14,19H,1-5H3. The lowest BCUT2D eigenvalue weighted by atomic mass is 9.92. The van der Waals surface area contributed by atoms with Gasteiger partial charge in [-0.15, -0.1) is 0 Å². The van der Waals surface area contributed by atoms with E-state index in [2.05, 4.69) is 62.5 Å². The molecule has 2 nitrogen and oxygen atoms in total. The molecule has 1 N–H and O–H groups in total. The molecular weight excluding hydrogens is 246 g/mol. The Morgan fingerprint density at radius 3 is 2.35 bits per heavy atom. The number of methoxy groups -OCH3 is 1. The number of nitrogens with one attached hydrogen (secondary N) is 1. The fourth-order valence-corrected chi connectivity index (χ4v) is 2.54. The Hall–Kier alpha value is -1.80. The monoisotopic (exact) mass is 269 g/mol. The van der Waals surface area contributed by atoms with Crippen LogP contribution in [-0.2, 0) is 0 Å². The van der Waals surface area contributed by atoms with E-state index in [4.69, 9.17) is 4.74 Å². The number of aryl methyl sites for hydroxylation is 1. The Morgan fingerprint density at radius 1 is 1.00 bits per heavy atom. The molecular formula is C18H23NO. The highest BCUT2D eigenvalue weighted by Gasteiger charge is 2.15. The van der Waals surface area contributed by atoms with Crippen LogP contribution in [0.5, 0.6) is 5.75 Å². The zero-order valence-corrected chi connectivity index (χ0v) is 12.9. The molecule has 0 aromatic heterocycles. The first kappa shape index (κ1) is 14.6. The van der Waals surface area contributed by atoms with Gasteiger partial charge in [-0.25, -0.2) is 0 Å². The van der Waals surface area contributed by atoms with Gasteiger partial charge >= 0.3 is 0 Å². The van der Waals surface area contributed by atoms with Gasteiger partial charge in [-0.2, -0.15) is 0 Å². The van der Waals surface area contributed by atoms with Gasteiger partial charge in [0.2, 0.25) is 0 Å². The summed E-state index contributed by atoms with van der Waals surface area (Å²) in [6.45, 7) is 6.40. The lowest BCUT2D eigenvalue weighted by Gasteiger charge is -2.19. The summed E-state index contributed by atoms with van der Waals surface area (Å²) in [5.74, 6) is 0.973. The Labute approximate surface area is 121 Å². The first-order valence-electron chi connectivity index (χ1n) is 7.01. The molecule has 2 heteroatoms. The van der Waals surface area contributed by atoms with Gasteiger partial charge in [-0.1, -0.05) is 36.4 Å². The first-order chi connectivity index (χ1) is 9.60. The minimum absolute atomic E-state index is 0.303. The lowest BCUT2D eigenvalue weighted by Crippen LogP contribution is -2.13. The second kappa shape index (κ2) is 6.10.